The number of likely N-dealkylation sites (N-methyl/N-ethyl adjacent to an activating group) is 1. The third-order valence-electron chi connectivity index (χ3n) is 14.0. The van der Waals surface area contributed by atoms with E-state index in [4.69, 9.17) is 35.3 Å². The Kier molecular flexibility index (Phi) is 22.3. The highest BCUT2D eigenvalue weighted by Gasteiger charge is 2.45. The van der Waals surface area contributed by atoms with E-state index < -0.39 is 23.3 Å². The summed E-state index contributed by atoms with van der Waals surface area (Å²) < 4.78 is 31.0. The quantitative estimate of drug-likeness (QED) is 0.0341. The van der Waals surface area contributed by atoms with E-state index in [2.05, 4.69) is 75.7 Å². The fourth-order valence-electron chi connectivity index (χ4n) is 9.42. The number of nitrogens with one attached hydrogen (secondary N) is 3. The van der Waals surface area contributed by atoms with Gasteiger partial charge >= 0.3 is 6.09 Å². The molecule has 8 rings (SSSR count). The lowest BCUT2D eigenvalue weighted by Gasteiger charge is -2.42. The summed E-state index contributed by atoms with van der Waals surface area (Å²) in [5, 5.41) is 16.5. The maximum atomic E-state index is 14.6. The molecule has 0 spiro atoms. The van der Waals surface area contributed by atoms with Crippen LogP contribution in [0.3, 0.4) is 0 Å². The number of piperazine rings is 1. The van der Waals surface area contributed by atoms with E-state index in [1.54, 1.807) is 57.0 Å². The summed E-state index contributed by atoms with van der Waals surface area (Å²) in [6.45, 7) is 14.9. The number of imidazole rings is 1. The molecule has 22 nitrogen and oxygen atoms in total. The standard InChI is InChI=1S/C56H74ClN13O9S2/c1-40-36-44(70-22-18-58-39-70)11-8-42(40)37-80-54-65-64-50(81-54)51(72)66(5)27-29-76-31-33-78-35-34-77-32-30-75-28-14-47(71)68-25-23-67(24-26-68)19-13-46(41-6-9-43(57)10-7-41)62-52(73)56(63-53(74)79-55(2,3)4)15-20-69(21-16-56)49-45-12-17-59-48(45)60-38-61-49/h6-12,17-18,22,36,38-39,46H,13-16,19-21,23-35,37H2,1-5H3,(H,62,73)(H,63,74)(H,59,60,61)/t46-/m0/s1. The van der Waals surface area contributed by atoms with Gasteiger partial charge in [0.1, 0.15) is 28.9 Å². The molecule has 2 aliphatic rings. The van der Waals surface area contributed by atoms with Crippen LogP contribution in [-0.2, 0) is 39.0 Å². The molecule has 0 aliphatic carbocycles. The number of aryl methyl sites for hydroxylation is 1. The number of aromatic nitrogens is 7. The minimum Gasteiger partial charge on any atom is -0.444 e. The lowest BCUT2D eigenvalue weighted by Crippen LogP contribution is -2.64. The number of hydrogen-bond acceptors (Lipinski definition) is 18. The Hall–Kier alpha value is -6.25. The number of nitrogens with zero attached hydrogens (tertiary/aromatic N) is 10. The van der Waals surface area contributed by atoms with Crippen molar-refractivity contribution in [1.29, 1.82) is 0 Å². The van der Waals surface area contributed by atoms with Crippen LogP contribution in [0.25, 0.3) is 16.7 Å². The second-order valence-electron chi connectivity index (χ2n) is 20.9. The summed E-state index contributed by atoms with van der Waals surface area (Å²) in [4.78, 5) is 78.1. The molecule has 4 amide bonds. The van der Waals surface area contributed by atoms with E-state index in [9.17, 15) is 19.2 Å². The highest BCUT2D eigenvalue weighted by Crippen LogP contribution is 2.32. The Morgan fingerprint density at radius 2 is 1.58 bits per heavy atom. The molecule has 6 heterocycles. The number of hydrogen-bond donors (Lipinski definition) is 3. The minimum absolute atomic E-state index is 0.0403. The number of ether oxygens (including phenoxy) is 5. The van der Waals surface area contributed by atoms with Crippen LogP contribution in [0, 0.1) is 6.92 Å². The molecule has 1 atom stereocenters. The lowest BCUT2D eigenvalue weighted by molar-refractivity contribution is -0.134. The first-order valence-corrected chi connectivity index (χ1v) is 29.5. The molecular formula is C56H74ClN13O9S2. The number of alkyl carbamates (subject to hydrolysis) is 1. The van der Waals surface area contributed by atoms with Crippen LogP contribution >= 0.6 is 34.7 Å². The predicted octanol–water partition coefficient (Wildman–Crippen LogP) is 6.73. The lowest BCUT2D eigenvalue weighted by atomic mass is 9.85. The van der Waals surface area contributed by atoms with Crippen LogP contribution in [0.5, 0.6) is 0 Å². The van der Waals surface area contributed by atoms with E-state index in [1.807, 2.05) is 52.2 Å². The van der Waals surface area contributed by atoms with Gasteiger partial charge in [0.15, 0.2) is 4.34 Å². The number of H-pyrrole nitrogens is 1. The summed E-state index contributed by atoms with van der Waals surface area (Å²) in [7, 11) is 1.72. The van der Waals surface area contributed by atoms with Gasteiger partial charge in [-0.05, 0) is 94.0 Å². The van der Waals surface area contributed by atoms with Crippen LogP contribution < -0.4 is 15.5 Å². The number of carbonyl (C=O) groups is 4. The highest BCUT2D eigenvalue weighted by atomic mass is 35.5. The van der Waals surface area contributed by atoms with Crippen molar-refractivity contribution in [2.75, 3.05) is 117 Å². The summed E-state index contributed by atoms with van der Waals surface area (Å²) >= 11 is 9.15. The normalized spacial score (nSPS) is 15.2. The van der Waals surface area contributed by atoms with Gasteiger partial charge < -0.3 is 58.6 Å². The summed E-state index contributed by atoms with van der Waals surface area (Å²) in [6, 6.07) is 15.3. The van der Waals surface area contributed by atoms with Gasteiger partial charge in [-0.25, -0.2) is 19.7 Å². The molecule has 2 fully saturated rings. The zero-order chi connectivity index (χ0) is 57.2. The molecule has 2 aromatic carbocycles. The van der Waals surface area contributed by atoms with E-state index in [1.165, 1.54) is 28.8 Å². The van der Waals surface area contributed by atoms with E-state index >= 15 is 0 Å². The maximum Gasteiger partial charge on any atom is 0.408 e. The fourth-order valence-corrected chi connectivity index (χ4v) is 11.5. The third-order valence-corrected chi connectivity index (χ3v) is 16.4. The second kappa shape index (κ2) is 29.6. The number of carbonyl (C=O) groups excluding carboxylic acids is 4. The molecule has 81 heavy (non-hydrogen) atoms. The highest BCUT2D eigenvalue weighted by molar-refractivity contribution is 8.00. The van der Waals surface area contributed by atoms with Crippen molar-refractivity contribution in [3.8, 4) is 5.69 Å². The summed E-state index contributed by atoms with van der Waals surface area (Å²) in [6.07, 6.45) is 9.63. The van der Waals surface area contributed by atoms with Gasteiger partial charge in [0.25, 0.3) is 5.91 Å². The maximum absolute atomic E-state index is 14.6. The summed E-state index contributed by atoms with van der Waals surface area (Å²) in [5.41, 5.74) is 3.01. The molecule has 3 N–H and O–H groups in total. The van der Waals surface area contributed by atoms with Crippen molar-refractivity contribution in [1.82, 2.24) is 60.0 Å². The number of anilines is 1. The Balaban J connectivity index is 0.666. The Morgan fingerprint density at radius 3 is 2.26 bits per heavy atom. The number of aromatic amines is 1. The molecule has 2 aliphatic heterocycles. The molecule has 2 saturated heterocycles. The molecule has 0 radical (unpaired) electrons. The fraction of sp³-hybridized carbons (Fsp3) is 0.518. The van der Waals surface area contributed by atoms with Crippen LogP contribution in [0.15, 0.2) is 84.1 Å². The third kappa shape index (κ3) is 17.9. The first-order chi connectivity index (χ1) is 39.1. The Labute approximate surface area is 485 Å². The smallest absolute Gasteiger partial charge is 0.408 e. The van der Waals surface area contributed by atoms with Crippen molar-refractivity contribution >= 4 is 75.4 Å². The molecule has 436 valence electrons. The molecule has 0 saturated carbocycles. The molecular weight excluding hydrogens is 1100 g/mol. The van der Waals surface area contributed by atoms with Gasteiger partial charge in [-0.1, -0.05) is 52.9 Å². The average Bonchev–Trinajstić information content (AvgIpc) is 4.34. The zero-order valence-corrected chi connectivity index (χ0v) is 49.2. The number of halogens is 1. The molecule has 6 aromatic rings. The predicted molar refractivity (Wildman–Crippen MR) is 310 cm³/mol. The first kappa shape index (κ1) is 60.8. The number of thioether (sulfide) groups is 1. The van der Waals surface area contributed by atoms with Gasteiger partial charge in [-0.3, -0.25) is 19.3 Å². The largest absolute Gasteiger partial charge is 0.444 e. The van der Waals surface area contributed by atoms with Gasteiger partial charge in [-0.15, -0.1) is 10.2 Å². The van der Waals surface area contributed by atoms with Crippen molar-refractivity contribution in [2.24, 2.45) is 0 Å². The van der Waals surface area contributed by atoms with E-state index in [-0.39, 0.29) is 24.1 Å². The van der Waals surface area contributed by atoms with Gasteiger partial charge in [0.2, 0.25) is 16.8 Å². The van der Waals surface area contributed by atoms with Crippen molar-refractivity contribution < 1.29 is 42.9 Å². The topological polar surface area (TPSA) is 237 Å². The van der Waals surface area contributed by atoms with Crippen LogP contribution in [0.4, 0.5) is 10.6 Å². The van der Waals surface area contributed by atoms with Crippen LogP contribution in [0.1, 0.15) is 79.0 Å². The Bertz CT molecular complexity index is 2960. The van der Waals surface area contributed by atoms with Gasteiger partial charge in [-0.2, -0.15) is 0 Å². The van der Waals surface area contributed by atoms with Gasteiger partial charge in [0.05, 0.1) is 77.0 Å². The number of amides is 4. The van der Waals surface area contributed by atoms with E-state index in [0.29, 0.717) is 135 Å². The van der Waals surface area contributed by atoms with Crippen LogP contribution in [-0.4, -0.2) is 197 Å². The number of fused-ring (bicyclic) bond motifs is 1. The average molecular weight is 1170 g/mol. The van der Waals surface area contributed by atoms with Crippen molar-refractivity contribution in [3.63, 3.8) is 0 Å². The van der Waals surface area contributed by atoms with Crippen molar-refractivity contribution in [2.45, 2.75) is 80.7 Å². The number of rotatable bonds is 28. The molecule has 4 aromatic heterocycles. The number of benzene rings is 2. The van der Waals surface area contributed by atoms with E-state index in [0.717, 1.165) is 38.2 Å². The first-order valence-electron chi connectivity index (χ1n) is 27.3. The second-order valence-corrected chi connectivity index (χ2v) is 23.5. The van der Waals surface area contributed by atoms with Crippen LogP contribution in [0.2, 0.25) is 5.02 Å². The minimum atomic E-state index is -1.25. The van der Waals surface area contributed by atoms with Gasteiger partial charge in [0, 0.05) is 94.5 Å². The monoisotopic (exact) mass is 1170 g/mol. The zero-order valence-electron chi connectivity index (χ0n) is 46.8. The molecule has 25 heteroatoms. The molecule has 0 bridgehead atoms. The number of piperidine rings is 1. The molecule has 0 unspecified atom stereocenters. The summed E-state index contributed by atoms with van der Waals surface area (Å²) in [5.74, 6) is 1.04. The van der Waals surface area contributed by atoms with Crippen molar-refractivity contribution in [3.05, 3.63) is 106 Å². The Morgan fingerprint density at radius 1 is 0.877 bits per heavy atom. The SMILES string of the molecule is Cc1cc(-n2ccnc2)ccc1CSc1nnc(C(=O)N(C)CCOCCOCCOCCOCCC(=O)N2CCN(CC[C@H](NC(=O)C3(NC(=O)OC(C)(C)C)CCN(c4ncnc5[nH]ccc45)CC3)c3ccc(Cl)cc3)CC2)s1.